The number of nitrogens with zero attached hydrogens (tertiary/aromatic N) is 1. The van der Waals surface area contributed by atoms with Gasteiger partial charge >= 0.3 is 0 Å². The Balaban J connectivity index is 2.05. The quantitative estimate of drug-likeness (QED) is 0.727. The van der Waals surface area contributed by atoms with Gasteiger partial charge < -0.3 is 5.32 Å². The molecule has 2 aromatic rings. The molecule has 0 aliphatic heterocycles. The second-order valence-electron chi connectivity index (χ2n) is 5.66. The molecule has 0 aliphatic carbocycles. The fourth-order valence-corrected chi connectivity index (χ4v) is 3.53. The molecule has 2 rings (SSSR count). The average Bonchev–Trinajstić information content (AvgIpc) is 2.89. The zero-order chi connectivity index (χ0) is 15.1. The SMILES string of the molecule is CCCNCC(CCc1scnc1C)c1ccccc1C. The normalized spacial score (nSPS) is 12.5. The van der Waals surface area contributed by atoms with E-state index in [1.807, 2.05) is 5.51 Å². The van der Waals surface area contributed by atoms with E-state index in [1.165, 1.54) is 34.5 Å². The van der Waals surface area contributed by atoms with Crippen LogP contribution in [0, 0.1) is 13.8 Å². The molecule has 0 saturated carbocycles. The van der Waals surface area contributed by atoms with E-state index in [2.05, 4.69) is 55.3 Å². The first-order valence-corrected chi connectivity index (χ1v) is 8.75. The van der Waals surface area contributed by atoms with E-state index in [0.29, 0.717) is 5.92 Å². The summed E-state index contributed by atoms with van der Waals surface area (Å²) in [6.45, 7) is 8.72. The summed E-state index contributed by atoms with van der Waals surface area (Å²) in [7, 11) is 0. The molecule has 0 bridgehead atoms. The third-order valence-corrected chi connectivity index (χ3v) is 5.01. The number of aromatic nitrogens is 1. The molecule has 1 aromatic carbocycles. The van der Waals surface area contributed by atoms with Gasteiger partial charge in [0.2, 0.25) is 0 Å². The molecule has 0 aliphatic rings. The molecule has 0 fully saturated rings. The Hall–Kier alpha value is -1.19. The molecule has 0 radical (unpaired) electrons. The summed E-state index contributed by atoms with van der Waals surface area (Å²) < 4.78 is 0. The van der Waals surface area contributed by atoms with Gasteiger partial charge in [-0.1, -0.05) is 31.2 Å². The topological polar surface area (TPSA) is 24.9 Å². The summed E-state index contributed by atoms with van der Waals surface area (Å²) in [5.74, 6) is 0.583. The van der Waals surface area contributed by atoms with Gasteiger partial charge in [-0.2, -0.15) is 0 Å². The number of thiazole rings is 1. The maximum Gasteiger partial charge on any atom is 0.0797 e. The second-order valence-corrected chi connectivity index (χ2v) is 6.60. The van der Waals surface area contributed by atoms with Crippen LogP contribution in [0.25, 0.3) is 0 Å². The minimum absolute atomic E-state index is 0.583. The first kappa shape index (κ1) is 16.2. The van der Waals surface area contributed by atoms with Crippen molar-refractivity contribution in [3.63, 3.8) is 0 Å². The van der Waals surface area contributed by atoms with Crippen molar-refractivity contribution in [3.8, 4) is 0 Å². The van der Waals surface area contributed by atoms with E-state index < -0.39 is 0 Å². The zero-order valence-electron chi connectivity index (χ0n) is 13.4. The van der Waals surface area contributed by atoms with Gasteiger partial charge in [-0.05, 0) is 56.7 Å². The lowest BCUT2D eigenvalue weighted by molar-refractivity contribution is 0.547. The van der Waals surface area contributed by atoms with Crippen LogP contribution in [-0.4, -0.2) is 18.1 Å². The van der Waals surface area contributed by atoms with Gasteiger partial charge in [0.05, 0.1) is 11.2 Å². The van der Waals surface area contributed by atoms with E-state index in [0.717, 1.165) is 19.5 Å². The van der Waals surface area contributed by atoms with Crippen LogP contribution in [0.15, 0.2) is 29.8 Å². The highest BCUT2D eigenvalue weighted by molar-refractivity contribution is 7.09. The van der Waals surface area contributed by atoms with Crippen LogP contribution in [0.3, 0.4) is 0 Å². The van der Waals surface area contributed by atoms with Gasteiger partial charge in [-0.3, -0.25) is 0 Å². The zero-order valence-corrected chi connectivity index (χ0v) is 14.2. The Morgan fingerprint density at radius 1 is 1.24 bits per heavy atom. The van der Waals surface area contributed by atoms with Crippen LogP contribution in [0.4, 0.5) is 0 Å². The smallest absolute Gasteiger partial charge is 0.0797 e. The number of hydrogen-bond acceptors (Lipinski definition) is 3. The summed E-state index contributed by atoms with van der Waals surface area (Å²) in [5, 5.41) is 3.59. The molecule has 0 spiro atoms. The van der Waals surface area contributed by atoms with Crippen molar-refractivity contribution < 1.29 is 0 Å². The number of benzene rings is 1. The molecule has 3 heteroatoms. The molecule has 1 unspecified atom stereocenters. The minimum atomic E-state index is 0.583. The van der Waals surface area contributed by atoms with Crippen molar-refractivity contribution in [1.82, 2.24) is 10.3 Å². The van der Waals surface area contributed by atoms with Crippen molar-refractivity contribution in [2.45, 2.75) is 46.0 Å². The Kier molecular flexibility index (Phi) is 6.40. The predicted octanol–water partition coefficient (Wildman–Crippen LogP) is 4.48. The van der Waals surface area contributed by atoms with Gasteiger partial charge in [0, 0.05) is 11.4 Å². The maximum absolute atomic E-state index is 4.36. The maximum atomic E-state index is 4.36. The van der Waals surface area contributed by atoms with Crippen molar-refractivity contribution in [2.24, 2.45) is 0 Å². The third kappa shape index (κ3) is 4.65. The minimum Gasteiger partial charge on any atom is -0.316 e. The molecule has 114 valence electrons. The van der Waals surface area contributed by atoms with E-state index in [-0.39, 0.29) is 0 Å². The first-order chi connectivity index (χ1) is 10.2. The highest BCUT2D eigenvalue weighted by Gasteiger charge is 2.14. The average molecular weight is 302 g/mol. The van der Waals surface area contributed by atoms with Gasteiger partial charge in [-0.25, -0.2) is 4.98 Å². The van der Waals surface area contributed by atoms with E-state index in [1.54, 1.807) is 11.3 Å². The number of aryl methyl sites for hydroxylation is 3. The molecule has 1 N–H and O–H groups in total. The van der Waals surface area contributed by atoms with Crippen LogP contribution in [0.1, 0.15) is 47.4 Å². The Morgan fingerprint density at radius 2 is 2.05 bits per heavy atom. The largest absolute Gasteiger partial charge is 0.316 e. The first-order valence-electron chi connectivity index (χ1n) is 7.87. The monoisotopic (exact) mass is 302 g/mol. The van der Waals surface area contributed by atoms with E-state index >= 15 is 0 Å². The van der Waals surface area contributed by atoms with Crippen molar-refractivity contribution in [1.29, 1.82) is 0 Å². The highest BCUT2D eigenvalue weighted by atomic mass is 32.1. The number of nitrogens with one attached hydrogen (secondary N) is 1. The number of rotatable bonds is 8. The Labute approximate surface area is 132 Å². The second kappa shape index (κ2) is 8.30. The third-order valence-electron chi connectivity index (χ3n) is 4.01. The summed E-state index contributed by atoms with van der Waals surface area (Å²) in [5.41, 5.74) is 6.05. The van der Waals surface area contributed by atoms with Crippen LogP contribution in [0.2, 0.25) is 0 Å². The van der Waals surface area contributed by atoms with Crippen LogP contribution in [0.5, 0.6) is 0 Å². The van der Waals surface area contributed by atoms with Gasteiger partial charge in [-0.15, -0.1) is 11.3 Å². The standard InChI is InChI=1S/C18H26N2S/c1-4-11-19-12-16(17-8-6-5-7-14(17)2)9-10-18-15(3)20-13-21-18/h5-8,13,16,19H,4,9-12H2,1-3H3. The van der Waals surface area contributed by atoms with Gasteiger partial charge in [0.25, 0.3) is 0 Å². The molecular weight excluding hydrogens is 276 g/mol. The number of hydrogen-bond donors (Lipinski definition) is 1. The Morgan fingerprint density at radius 3 is 2.71 bits per heavy atom. The van der Waals surface area contributed by atoms with E-state index in [4.69, 9.17) is 0 Å². The fraction of sp³-hybridized carbons (Fsp3) is 0.500. The molecule has 2 nitrogen and oxygen atoms in total. The lowest BCUT2D eigenvalue weighted by Gasteiger charge is -2.20. The summed E-state index contributed by atoms with van der Waals surface area (Å²) in [4.78, 5) is 5.80. The fourth-order valence-electron chi connectivity index (χ4n) is 2.74. The van der Waals surface area contributed by atoms with Crippen LogP contribution >= 0.6 is 11.3 Å². The summed E-state index contributed by atoms with van der Waals surface area (Å²) in [6, 6.07) is 8.79. The van der Waals surface area contributed by atoms with Gasteiger partial charge in [0.15, 0.2) is 0 Å². The highest BCUT2D eigenvalue weighted by Crippen LogP contribution is 2.26. The molecular formula is C18H26N2S. The molecule has 0 amide bonds. The predicted molar refractivity (Wildman–Crippen MR) is 92.3 cm³/mol. The summed E-state index contributed by atoms with van der Waals surface area (Å²) >= 11 is 1.79. The summed E-state index contributed by atoms with van der Waals surface area (Å²) in [6.07, 6.45) is 3.50. The molecule has 1 heterocycles. The molecule has 21 heavy (non-hydrogen) atoms. The van der Waals surface area contributed by atoms with Crippen molar-refractivity contribution in [3.05, 3.63) is 51.5 Å². The molecule has 0 saturated heterocycles. The lowest BCUT2D eigenvalue weighted by atomic mass is 9.90. The van der Waals surface area contributed by atoms with Gasteiger partial charge in [0.1, 0.15) is 0 Å². The van der Waals surface area contributed by atoms with Crippen molar-refractivity contribution in [2.75, 3.05) is 13.1 Å². The molecule has 1 atom stereocenters. The lowest BCUT2D eigenvalue weighted by Crippen LogP contribution is -2.23. The molecule has 1 aromatic heterocycles. The van der Waals surface area contributed by atoms with Crippen LogP contribution < -0.4 is 5.32 Å². The van der Waals surface area contributed by atoms with Crippen LogP contribution in [-0.2, 0) is 6.42 Å². The van der Waals surface area contributed by atoms with E-state index in [9.17, 15) is 0 Å². The van der Waals surface area contributed by atoms with Crippen molar-refractivity contribution >= 4 is 11.3 Å². The Bertz CT molecular complexity index is 548.